The lowest BCUT2D eigenvalue weighted by atomic mass is 10.00. The monoisotopic (exact) mass is 129 g/mol. The van der Waals surface area contributed by atoms with Crippen LogP contribution in [0.15, 0.2) is 0 Å². The molecule has 1 heteroatoms. The molecule has 1 nitrogen and oxygen atoms in total. The summed E-state index contributed by atoms with van der Waals surface area (Å²) in [6.07, 6.45) is 5.21. The van der Waals surface area contributed by atoms with E-state index in [1.165, 1.54) is 25.7 Å². The fourth-order valence-electron chi connectivity index (χ4n) is 0.981. The maximum Gasteiger partial charge on any atom is -0.00490 e. The molecule has 56 valence electrons. The van der Waals surface area contributed by atoms with Gasteiger partial charge < -0.3 is 5.73 Å². The molecule has 0 aromatic heterocycles. The molecule has 0 aliphatic rings. The lowest BCUT2D eigenvalue weighted by Gasteiger charge is -2.09. The summed E-state index contributed by atoms with van der Waals surface area (Å²) in [4.78, 5) is 0. The summed E-state index contributed by atoms with van der Waals surface area (Å²) in [5.74, 6) is 0.782. The zero-order valence-electron chi connectivity index (χ0n) is 6.69. The van der Waals surface area contributed by atoms with Crippen molar-refractivity contribution in [3.05, 3.63) is 0 Å². The predicted octanol–water partition coefficient (Wildman–Crippen LogP) is 2.16. The van der Waals surface area contributed by atoms with Crippen molar-refractivity contribution in [3.8, 4) is 0 Å². The molecule has 0 aromatic rings. The predicted molar refractivity (Wildman–Crippen MR) is 42.4 cm³/mol. The smallest absolute Gasteiger partial charge is 0.00490 e. The standard InChI is InChI=1S/C8H19N/c1-3-5-6-8(4-2)7-9/h8H,3-7,9H2,1-2H3/t8-/m0/s1. The molecule has 0 aliphatic carbocycles. The van der Waals surface area contributed by atoms with Crippen molar-refractivity contribution >= 4 is 0 Å². The number of nitrogens with two attached hydrogens (primary N) is 1. The molecular weight excluding hydrogens is 110 g/mol. The Balaban J connectivity index is 3.09. The molecule has 9 heavy (non-hydrogen) atoms. The van der Waals surface area contributed by atoms with Crippen LogP contribution in [0, 0.1) is 5.92 Å². The molecular formula is C8H19N. The second kappa shape index (κ2) is 6.09. The topological polar surface area (TPSA) is 26.0 Å². The Hall–Kier alpha value is -0.0400. The normalized spacial score (nSPS) is 13.7. The highest BCUT2D eigenvalue weighted by molar-refractivity contribution is 4.56. The molecule has 0 radical (unpaired) electrons. The lowest BCUT2D eigenvalue weighted by Crippen LogP contribution is -2.12. The highest BCUT2D eigenvalue weighted by Crippen LogP contribution is 2.09. The molecule has 0 aliphatic heterocycles. The van der Waals surface area contributed by atoms with Crippen LogP contribution < -0.4 is 5.73 Å². The molecule has 0 fully saturated rings. The molecule has 0 saturated heterocycles. The molecule has 0 amide bonds. The molecule has 0 aromatic carbocycles. The average molecular weight is 129 g/mol. The summed E-state index contributed by atoms with van der Waals surface area (Å²) in [6.45, 7) is 5.31. The first kappa shape index (κ1) is 8.96. The third-order valence-electron chi connectivity index (χ3n) is 1.88. The van der Waals surface area contributed by atoms with Crippen LogP contribution in [0.2, 0.25) is 0 Å². The molecule has 2 N–H and O–H groups in total. The van der Waals surface area contributed by atoms with Gasteiger partial charge in [0, 0.05) is 0 Å². The minimum atomic E-state index is 0.782. The Bertz CT molecular complexity index is 48.5. The Morgan fingerprint density at radius 2 is 2.00 bits per heavy atom. The van der Waals surface area contributed by atoms with Gasteiger partial charge in [-0.15, -0.1) is 0 Å². The lowest BCUT2D eigenvalue weighted by molar-refractivity contribution is 0.461. The van der Waals surface area contributed by atoms with E-state index in [1.54, 1.807) is 0 Å². The quantitative estimate of drug-likeness (QED) is 0.605. The van der Waals surface area contributed by atoms with Gasteiger partial charge in [-0.3, -0.25) is 0 Å². The summed E-state index contributed by atoms with van der Waals surface area (Å²) in [6, 6.07) is 0. The maximum absolute atomic E-state index is 5.52. The van der Waals surface area contributed by atoms with Crippen LogP contribution in [-0.4, -0.2) is 6.54 Å². The van der Waals surface area contributed by atoms with Gasteiger partial charge in [0.25, 0.3) is 0 Å². The molecule has 0 rings (SSSR count). The molecule has 0 saturated carbocycles. The van der Waals surface area contributed by atoms with Gasteiger partial charge in [0.2, 0.25) is 0 Å². The van der Waals surface area contributed by atoms with E-state index in [2.05, 4.69) is 13.8 Å². The van der Waals surface area contributed by atoms with Crippen LogP contribution in [0.25, 0.3) is 0 Å². The van der Waals surface area contributed by atoms with E-state index < -0.39 is 0 Å². The fourth-order valence-corrected chi connectivity index (χ4v) is 0.981. The highest BCUT2D eigenvalue weighted by Gasteiger charge is 2.00. The van der Waals surface area contributed by atoms with Crippen molar-refractivity contribution in [2.75, 3.05) is 6.54 Å². The largest absolute Gasteiger partial charge is 0.330 e. The average Bonchev–Trinajstić information content (AvgIpc) is 1.91. The van der Waals surface area contributed by atoms with Crippen LogP contribution >= 0.6 is 0 Å². The third-order valence-corrected chi connectivity index (χ3v) is 1.88. The van der Waals surface area contributed by atoms with Crippen LogP contribution in [0.5, 0.6) is 0 Å². The zero-order chi connectivity index (χ0) is 7.11. The minimum absolute atomic E-state index is 0.782. The Labute approximate surface area is 58.6 Å². The summed E-state index contributed by atoms with van der Waals surface area (Å²) < 4.78 is 0. The zero-order valence-corrected chi connectivity index (χ0v) is 6.69. The maximum atomic E-state index is 5.52. The van der Waals surface area contributed by atoms with E-state index in [4.69, 9.17) is 5.73 Å². The molecule has 0 heterocycles. The second-order valence-corrected chi connectivity index (χ2v) is 2.65. The highest BCUT2D eigenvalue weighted by atomic mass is 14.5. The van der Waals surface area contributed by atoms with E-state index in [9.17, 15) is 0 Å². The van der Waals surface area contributed by atoms with Gasteiger partial charge >= 0.3 is 0 Å². The molecule has 1 atom stereocenters. The molecule has 0 unspecified atom stereocenters. The van der Waals surface area contributed by atoms with E-state index in [0.29, 0.717) is 0 Å². The first-order valence-electron chi connectivity index (χ1n) is 4.05. The summed E-state index contributed by atoms with van der Waals surface area (Å²) in [5.41, 5.74) is 5.52. The van der Waals surface area contributed by atoms with Gasteiger partial charge in [0.05, 0.1) is 0 Å². The summed E-state index contributed by atoms with van der Waals surface area (Å²) in [7, 11) is 0. The van der Waals surface area contributed by atoms with Gasteiger partial charge in [0.15, 0.2) is 0 Å². The van der Waals surface area contributed by atoms with Gasteiger partial charge in [-0.2, -0.15) is 0 Å². The number of hydrogen-bond acceptors (Lipinski definition) is 1. The second-order valence-electron chi connectivity index (χ2n) is 2.65. The Morgan fingerprint density at radius 3 is 2.33 bits per heavy atom. The first-order chi connectivity index (χ1) is 4.35. The van der Waals surface area contributed by atoms with Crippen LogP contribution in [0.4, 0.5) is 0 Å². The molecule has 0 bridgehead atoms. The van der Waals surface area contributed by atoms with Crippen LogP contribution in [-0.2, 0) is 0 Å². The van der Waals surface area contributed by atoms with Crippen molar-refractivity contribution in [1.29, 1.82) is 0 Å². The van der Waals surface area contributed by atoms with Gasteiger partial charge in [-0.25, -0.2) is 0 Å². The van der Waals surface area contributed by atoms with E-state index >= 15 is 0 Å². The van der Waals surface area contributed by atoms with E-state index in [0.717, 1.165) is 12.5 Å². The van der Waals surface area contributed by atoms with Crippen molar-refractivity contribution in [2.24, 2.45) is 11.7 Å². The third kappa shape index (κ3) is 4.46. The van der Waals surface area contributed by atoms with Crippen LogP contribution in [0.1, 0.15) is 39.5 Å². The van der Waals surface area contributed by atoms with E-state index in [1.807, 2.05) is 0 Å². The molecule has 0 spiro atoms. The van der Waals surface area contributed by atoms with Crippen molar-refractivity contribution in [1.82, 2.24) is 0 Å². The SMILES string of the molecule is CCCC[C@H](CC)CN. The first-order valence-corrected chi connectivity index (χ1v) is 4.05. The summed E-state index contributed by atoms with van der Waals surface area (Å²) >= 11 is 0. The number of unbranched alkanes of at least 4 members (excludes halogenated alkanes) is 1. The van der Waals surface area contributed by atoms with Crippen molar-refractivity contribution in [2.45, 2.75) is 39.5 Å². The van der Waals surface area contributed by atoms with Gasteiger partial charge in [0.1, 0.15) is 0 Å². The van der Waals surface area contributed by atoms with E-state index in [-0.39, 0.29) is 0 Å². The number of hydrogen-bond donors (Lipinski definition) is 1. The fraction of sp³-hybridized carbons (Fsp3) is 1.00. The minimum Gasteiger partial charge on any atom is -0.330 e. The van der Waals surface area contributed by atoms with Crippen molar-refractivity contribution < 1.29 is 0 Å². The van der Waals surface area contributed by atoms with Crippen LogP contribution in [0.3, 0.4) is 0 Å². The Kier molecular flexibility index (Phi) is 6.06. The van der Waals surface area contributed by atoms with Gasteiger partial charge in [-0.1, -0.05) is 33.1 Å². The van der Waals surface area contributed by atoms with Gasteiger partial charge in [-0.05, 0) is 18.9 Å². The number of rotatable bonds is 5. The Morgan fingerprint density at radius 1 is 1.33 bits per heavy atom. The summed E-state index contributed by atoms with van der Waals surface area (Å²) in [5, 5.41) is 0. The van der Waals surface area contributed by atoms with Crippen molar-refractivity contribution in [3.63, 3.8) is 0 Å².